The predicted octanol–water partition coefficient (Wildman–Crippen LogP) is 1.61. The van der Waals surface area contributed by atoms with E-state index in [1.54, 1.807) is 0 Å². The number of benzene rings is 1. The molecule has 1 aromatic carbocycles. The molecule has 0 radical (unpaired) electrons. The van der Waals surface area contributed by atoms with E-state index in [4.69, 9.17) is 17.4 Å². The Balaban J connectivity index is 2.86. The highest BCUT2D eigenvalue weighted by molar-refractivity contribution is 6.31. The Bertz CT molecular complexity index is 248. The SMILES string of the molecule is Cc1ccc(CNN)cc1Cl. The summed E-state index contributed by atoms with van der Waals surface area (Å²) in [6, 6.07) is 5.90. The molecule has 1 aromatic rings. The molecular formula is C8H11ClN2. The number of hydrazine groups is 1. The van der Waals surface area contributed by atoms with E-state index in [-0.39, 0.29) is 0 Å². The molecule has 2 nitrogen and oxygen atoms in total. The van der Waals surface area contributed by atoms with Gasteiger partial charge in [-0.15, -0.1) is 0 Å². The molecule has 0 aromatic heterocycles. The Morgan fingerprint density at radius 3 is 2.82 bits per heavy atom. The first-order valence-corrected chi connectivity index (χ1v) is 3.80. The minimum atomic E-state index is 0.653. The minimum absolute atomic E-state index is 0.653. The molecule has 0 unspecified atom stereocenters. The lowest BCUT2D eigenvalue weighted by atomic mass is 10.1. The van der Waals surface area contributed by atoms with Gasteiger partial charge in [-0.2, -0.15) is 0 Å². The van der Waals surface area contributed by atoms with Gasteiger partial charge in [0.2, 0.25) is 0 Å². The number of nitrogens with two attached hydrogens (primary N) is 1. The van der Waals surface area contributed by atoms with Crippen LogP contribution >= 0.6 is 11.6 Å². The van der Waals surface area contributed by atoms with Crippen LogP contribution in [0.2, 0.25) is 5.02 Å². The lowest BCUT2D eigenvalue weighted by molar-refractivity contribution is 0.741. The normalized spacial score (nSPS) is 10.1. The third-order valence-electron chi connectivity index (χ3n) is 1.54. The predicted molar refractivity (Wildman–Crippen MR) is 47.2 cm³/mol. The lowest BCUT2D eigenvalue weighted by Gasteiger charge is -2.01. The molecule has 3 heteroatoms. The molecule has 0 fully saturated rings. The van der Waals surface area contributed by atoms with E-state index in [2.05, 4.69) is 5.43 Å². The third-order valence-corrected chi connectivity index (χ3v) is 1.95. The Kier molecular flexibility index (Phi) is 2.88. The highest BCUT2D eigenvalue weighted by atomic mass is 35.5. The van der Waals surface area contributed by atoms with Gasteiger partial charge in [-0.25, -0.2) is 0 Å². The average molecular weight is 171 g/mol. The van der Waals surface area contributed by atoms with Gasteiger partial charge in [0, 0.05) is 11.6 Å². The van der Waals surface area contributed by atoms with Crippen molar-refractivity contribution in [1.82, 2.24) is 5.43 Å². The molecule has 60 valence electrons. The van der Waals surface area contributed by atoms with Crippen LogP contribution in [-0.2, 0) is 6.54 Å². The maximum atomic E-state index is 5.88. The summed E-state index contributed by atoms with van der Waals surface area (Å²) < 4.78 is 0. The van der Waals surface area contributed by atoms with Gasteiger partial charge in [-0.05, 0) is 24.1 Å². The van der Waals surface area contributed by atoms with Crippen molar-refractivity contribution >= 4 is 11.6 Å². The monoisotopic (exact) mass is 170 g/mol. The Morgan fingerprint density at radius 1 is 1.55 bits per heavy atom. The molecular weight excluding hydrogens is 160 g/mol. The summed E-state index contributed by atoms with van der Waals surface area (Å²) in [6.07, 6.45) is 0. The summed E-state index contributed by atoms with van der Waals surface area (Å²) in [7, 11) is 0. The molecule has 0 saturated heterocycles. The van der Waals surface area contributed by atoms with Crippen molar-refractivity contribution in [2.24, 2.45) is 5.84 Å². The number of aryl methyl sites for hydroxylation is 1. The van der Waals surface area contributed by atoms with Crippen LogP contribution in [0.4, 0.5) is 0 Å². The van der Waals surface area contributed by atoms with Crippen LogP contribution in [0.15, 0.2) is 18.2 Å². The molecule has 0 saturated carbocycles. The van der Waals surface area contributed by atoms with Crippen LogP contribution in [0.5, 0.6) is 0 Å². The van der Waals surface area contributed by atoms with Gasteiger partial charge >= 0.3 is 0 Å². The largest absolute Gasteiger partial charge is 0.271 e. The summed E-state index contributed by atoms with van der Waals surface area (Å²) >= 11 is 5.88. The zero-order valence-corrected chi connectivity index (χ0v) is 7.15. The second-order valence-electron chi connectivity index (χ2n) is 2.46. The van der Waals surface area contributed by atoms with Crippen molar-refractivity contribution in [2.45, 2.75) is 13.5 Å². The van der Waals surface area contributed by atoms with Crippen molar-refractivity contribution in [2.75, 3.05) is 0 Å². The summed E-state index contributed by atoms with van der Waals surface area (Å²) in [5, 5.41) is 0.790. The molecule has 0 amide bonds. The van der Waals surface area contributed by atoms with E-state index < -0.39 is 0 Å². The smallest absolute Gasteiger partial charge is 0.0438 e. The molecule has 0 atom stereocenters. The lowest BCUT2D eigenvalue weighted by Crippen LogP contribution is -2.20. The van der Waals surface area contributed by atoms with Crippen LogP contribution in [0.3, 0.4) is 0 Å². The molecule has 0 bridgehead atoms. The van der Waals surface area contributed by atoms with Crippen LogP contribution in [0, 0.1) is 6.92 Å². The zero-order valence-electron chi connectivity index (χ0n) is 6.39. The van der Waals surface area contributed by atoms with E-state index in [0.717, 1.165) is 16.1 Å². The summed E-state index contributed by atoms with van der Waals surface area (Å²) in [4.78, 5) is 0. The second-order valence-corrected chi connectivity index (χ2v) is 2.87. The summed E-state index contributed by atoms with van der Waals surface area (Å²) in [5.74, 6) is 5.16. The average Bonchev–Trinajstić information content (AvgIpc) is 1.98. The first-order chi connectivity index (χ1) is 5.24. The molecule has 0 spiro atoms. The maximum Gasteiger partial charge on any atom is 0.0438 e. The first-order valence-electron chi connectivity index (χ1n) is 3.42. The molecule has 0 aliphatic carbocycles. The number of hydrogen-bond acceptors (Lipinski definition) is 2. The van der Waals surface area contributed by atoms with Gasteiger partial charge in [-0.3, -0.25) is 11.3 Å². The number of halogens is 1. The van der Waals surface area contributed by atoms with Crippen LogP contribution in [-0.4, -0.2) is 0 Å². The molecule has 1 rings (SSSR count). The van der Waals surface area contributed by atoms with E-state index in [9.17, 15) is 0 Å². The zero-order chi connectivity index (χ0) is 8.27. The second kappa shape index (κ2) is 3.72. The van der Waals surface area contributed by atoms with Crippen molar-refractivity contribution < 1.29 is 0 Å². The van der Waals surface area contributed by atoms with Crippen LogP contribution < -0.4 is 11.3 Å². The Hall–Kier alpha value is -0.570. The molecule has 11 heavy (non-hydrogen) atoms. The fourth-order valence-corrected chi connectivity index (χ4v) is 1.07. The van der Waals surface area contributed by atoms with Crippen LogP contribution in [0.25, 0.3) is 0 Å². The summed E-state index contributed by atoms with van der Waals surface area (Å²) in [6.45, 7) is 2.63. The molecule has 0 aliphatic heterocycles. The van der Waals surface area contributed by atoms with E-state index >= 15 is 0 Å². The Morgan fingerprint density at radius 2 is 2.27 bits per heavy atom. The topological polar surface area (TPSA) is 38.0 Å². The fourth-order valence-electron chi connectivity index (χ4n) is 0.864. The van der Waals surface area contributed by atoms with Crippen molar-refractivity contribution in [3.05, 3.63) is 34.3 Å². The minimum Gasteiger partial charge on any atom is -0.271 e. The van der Waals surface area contributed by atoms with Crippen molar-refractivity contribution in [1.29, 1.82) is 0 Å². The van der Waals surface area contributed by atoms with Gasteiger partial charge in [-0.1, -0.05) is 23.7 Å². The number of hydrogen-bond donors (Lipinski definition) is 2. The highest BCUT2D eigenvalue weighted by Crippen LogP contribution is 2.16. The highest BCUT2D eigenvalue weighted by Gasteiger charge is 1.95. The standard InChI is InChI=1S/C8H11ClN2/c1-6-2-3-7(5-11-10)4-8(6)9/h2-4,11H,5,10H2,1H3. The quantitative estimate of drug-likeness (QED) is 0.523. The van der Waals surface area contributed by atoms with E-state index in [0.29, 0.717) is 6.54 Å². The van der Waals surface area contributed by atoms with Crippen molar-refractivity contribution in [3.63, 3.8) is 0 Å². The van der Waals surface area contributed by atoms with Gasteiger partial charge < -0.3 is 0 Å². The van der Waals surface area contributed by atoms with Gasteiger partial charge in [0.15, 0.2) is 0 Å². The summed E-state index contributed by atoms with van der Waals surface area (Å²) in [5.41, 5.74) is 4.76. The number of nitrogens with one attached hydrogen (secondary N) is 1. The third kappa shape index (κ3) is 2.19. The van der Waals surface area contributed by atoms with Crippen molar-refractivity contribution in [3.8, 4) is 0 Å². The fraction of sp³-hybridized carbons (Fsp3) is 0.250. The van der Waals surface area contributed by atoms with Gasteiger partial charge in [0.1, 0.15) is 0 Å². The molecule has 0 aliphatic rings. The molecule has 0 heterocycles. The van der Waals surface area contributed by atoms with Crippen LogP contribution in [0.1, 0.15) is 11.1 Å². The Labute approximate surface area is 71.3 Å². The molecule has 3 N–H and O–H groups in total. The van der Waals surface area contributed by atoms with E-state index in [1.807, 2.05) is 25.1 Å². The van der Waals surface area contributed by atoms with Gasteiger partial charge in [0.25, 0.3) is 0 Å². The van der Waals surface area contributed by atoms with Gasteiger partial charge in [0.05, 0.1) is 0 Å². The van der Waals surface area contributed by atoms with E-state index in [1.165, 1.54) is 0 Å². The number of rotatable bonds is 2. The first kappa shape index (κ1) is 8.53. The maximum absolute atomic E-state index is 5.88.